The van der Waals surface area contributed by atoms with E-state index in [1.165, 1.54) is 0 Å². The van der Waals surface area contributed by atoms with E-state index in [1.807, 2.05) is 12.1 Å². The van der Waals surface area contributed by atoms with Gasteiger partial charge in [0.05, 0.1) is 58.5 Å². The number of pyridine rings is 4. The highest BCUT2D eigenvalue weighted by molar-refractivity contribution is 5.94. The van der Waals surface area contributed by atoms with Crippen LogP contribution in [-0.2, 0) is 9.47 Å². The number of nitrogens with zero attached hydrogens (tertiary/aromatic N) is 4. The third-order valence-electron chi connectivity index (χ3n) is 4.79. The van der Waals surface area contributed by atoms with Gasteiger partial charge in [-0.1, -0.05) is 12.1 Å². The van der Waals surface area contributed by atoms with Gasteiger partial charge >= 0.3 is 11.9 Å². The van der Waals surface area contributed by atoms with Gasteiger partial charge < -0.3 is 9.47 Å². The van der Waals surface area contributed by atoms with Crippen molar-refractivity contribution in [3.8, 4) is 34.2 Å². The minimum Gasteiger partial charge on any atom is -0.462 e. The van der Waals surface area contributed by atoms with E-state index in [0.717, 1.165) is 0 Å². The molecule has 0 unspecified atom stereocenters. The molecular weight excluding hydrogens is 432 g/mol. The fourth-order valence-corrected chi connectivity index (χ4v) is 3.28. The number of carbonyl (C=O) groups is 2. The van der Waals surface area contributed by atoms with E-state index < -0.39 is 11.9 Å². The maximum absolute atomic E-state index is 12.6. The summed E-state index contributed by atoms with van der Waals surface area (Å²) in [4.78, 5) is 43.2. The van der Waals surface area contributed by atoms with Crippen molar-refractivity contribution in [3.63, 3.8) is 0 Å². The van der Waals surface area contributed by atoms with Crippen molar-refractivity contribution in [3.05, 3.63) is 84.2 Å². The van der Waals surface area contributed by atoms with Crippen molar-refractivity contribution < 1.29 is 19.1 Å². The maximum Gasteiger partial charge on any atom is 0.338 e. The van der Waals surface area contributed by atoms with E-state index >= 15 is 0 Å². The summed E-state index contributed by atoms with van der Waals surface area (Å²) < 4.78 is 10.4. The summed E-state index contributed by atoms with van der Waals surface area (Å²) in [6.07, 6.45) is 3.29. The number of rotatable bonds is 7. The Labute approximate surface area is 196 Å². The average Bonchev–Trinajstić information content (AvgIpc) is 2.89. The predicted octanol–water partition coefficient (Wildman–Crippen LogP) is 4.62. The van der Waals surface area contributed by atoms with Crippen LogP contribution < -0.4 is 0 Å². The highest BCUT2D eigenvalue weighted by Gasteiger charge is 2.18. The summed E-state index contributed by atoms with van der Waals surface area (Å²) in [7, 11) is 0. The Hall–Kier alpha value is -4.46. The van der Waals surface area contributed by atoms with Gasteiger partial charge in [-0.3, -0.25) is 9.97 Å². The smallest absolute Gasteiger partial charge is 0.338 e. The first-order valence-electron chi connectivity index (χ1n) is 10.8. The fourth-order valence-electron chi connectivity index (χ4n) is 3.28. The van der Waals surface area contributed by atoms with E-state index in [4.69, 9.17) is 19.4 Å². The van der Waals surface area contributed by atoms with Gasteiger partial charge in [-0.15, -0.1) is 0 Å². The molecule has 170 valence electrons. The monoisotopic (exact) mass is 454 g/mol. The van der Waals surface area contributed by atoms with Crippen LogP contribution in [0.3, 0.4) is 0 Å². The van der Waals surface area contributed by atoms with Crippen molar-refractivity contribution in [2.24, 2.45) is 0 Å². The summed E-state index contributed by atoms with van der Waals surface area (Å²) >= 11 is 0. The van der Waals surface area contributed by atoms with Gasteiger partial charge in [-0.2, -0.15) is 0 Å². The summed E-state index contributed by atoms with van der Waals surface area (Å²) in [5.74, 6) is -0.982. The molecule has 4 aromatic heterocycles. The van der Waals surface area contributed by atoms with E-state index in [2.05, 4.69) is 9.97 Å². The molecular formula is C26H22N4O4. The number of esters is 2. The number of hydrogen-bond donors (Lipinski definition) is 0. The molecule has 0 aliphatic rings. The molecule has 0 bridgehead atoms. The molecule has 4 heterocycles. The number of carbonyl (C=O) groups excluding carboxylic acids is 2. The number of aromatic nitrogens is 4. The van der Waals surface area contributed by atoms with Crippen LogP contribution in [0.2, 0.25) is 0 Å². The van der Waals surface area contributed by atoms with Crippen molar-refractivity contribution in [2.45, 2.75) is 13.8 Å². The van der Waals surface area contributed by atoms with E-state index in [0.29, 0.717) is 45.3 Å². The molecule has 0 saturated carbocycles. The van der Waals surface area contributed by atoms with Gasteiger partial charge in [0.15, 0.2) is 0 Å². The molecule has 34 heavy (non-hydrogen) atoms. The summed E-state index contributed by atoms with van der Waals surface area (Å²) in [5, 5.41) is 0. The third-order valence-corrected chi connectivity index (χ3v) is 4.79. The average molecular weight is 454 g/mol. The second-order valence-electron chi connectivity index (χ2n) is 7.12. The minimum atomic E-state index is -0.491. The molecule has 8 heteroatoms. The van der Waals surface area contributed by atoms with Crippen LogP contribution in [0.1, 0.15) is 34.6 Å². The zero-order valence-electron chi connectivity index (χ0n) is 18.8. The lowest BCUT2D eigenvalue weighted by Gasteiger charge is -2.11. The molecule has 0 fully saturated rings. The molecule has 8 nitrogen and oxygen atoms in total. The molecule has 0 atom stereocenters. The normalized spacial score (nSPS) is 10.5. The SMILES string of the molecule is CCOC(=O)c1cc(-c2ccccn2)nc(-c2cc(C(=O)OCC)cc(-c3ccccn3)n2)c1. The second-order valence-corrected chi connectivity index (χ2v) is 7.12. The highest BCUT2D eigenvalue weighted by atomic mass is 16.5. The first-order chi connectivity index (χ1) is 16.6. The number of ether oxygens (including phenoxy) is 2. The Kier molecular flexibility index (Phi) is 6.98. The Morgan fingerprint density at radius 2 is 1.00 bits per heavy atom. The fraction of sp³-hybridized carbons (Fsp3) is 0.154. The lowest BCUT2D eigenvalue weighted by Crippen LogP contribution is -2.08. The van der Waals surface area contributed by atoms with Gasteiger partial charge in [0.25, 0.3) is 0 Å². The van der Waals surface area contributed by atoms with Gasteiger partial charge in [0.1, 0.15) is 0 Å². The lowest BCUT2D eigenvalue weighted by atomic mass is 10.1. The molecule has 0 amide bonds. The topological polar surface area (TPSA) is 104 Å². The Morgan fingerprint density at radius 1 is 0.618 bits per heavy atom. The third kappa shape index (κ3) is 5.12. The van der Waals surface area contributed by atoms with Crippen molar-refractivity contribution in [2.75, 3.05) is 13.2 Å². The molecule has 0 N–H and O–H groups in total. The minimum absolute atomic E-state index is 0.232. The maximum atomic E-state index is 12.6. The Balaban J connectivity index is 1.91. The second kappa shape index (κ2) is 10.4. The first kappa shape index (κ1) is 22.7. The van der Waals surface area contributed by atoms with E-state index in [-0.39, 0.29) is 13.2 Å². The molecule has 0 aliphatic carbocycles. The Morgan fingerprint density at radius 3 is 1.32 bits per heavy atom. The molecule has 0 aliphatic heterocycles. The standard InChI is InChI=1S/C26H22N4O4/c1-3-33-25(31)17-13-21(19-9-5-7-11-27-19)29-23(15-17)24-16-18(26(32)34-4-2)14-22(30-24)20-10-6-8-12-28-20/h5-16H,3-4H2,1-2H3. The van der Waals surface area contributed by atoms with Crippen molar-refractivity contribution >= 4 is 11.9 Å². The Bertz CT molecular complexity index is 1210. The van der Waals surface area contributed by atoms with Crippen LogP contribution >= 0.6 is 0 Å². The van der Waals surface area contributed by atoms with Crippen LogP contribution in [-0.4, -0.2) is 45.1 Å². The first-order valence-corrected chi connectivity index (χ1v) is 10.8. The molecule has 0 aromatic carbocycles. The van der Waals surface area contributed by atoms with Crippen LogP contribution in [0.25, 0.3) is 34.2 Å². The van der Waals surface area contributed by atoms with E-state index in [9.17, 15) is 9.59 Å². The molecule has 0 radical (unpaired) electrons. The molecule has 0 saturated heterocycles. The largest absolute Gasteiger partial charge is 0.462 e. The summed E-state index contributed by atoms with van der Waals surface area (Å²) in [5.41, 5.74) is 3.49. The summed E-state index contributed by atoms with van der Waals surface area (Å²) in [6.45, 7) is 3.94. The predicted molar refractivity (Wildman–Crippen MR) is 126 cm³/mol. The quantitative estimate of drug-likeness (QED) is 0.373. The van der Waals surface area contributed by atoms with Gasteiger partial charge in [-0.05, 0) is 62.4 Å². The van der Waals surface area contributed by atoms with Gasteiger partial charge in [0, 0.05) is 12.4 Å². The van der Waals surface area contributed by atoms with Crippen LogP contribution in [0, 0.1) is 0 Å². The lowest BCUT2D eigenvalue weighted by molar-refractivity contribution is 0.0516. The molecule has 0 spiro atoms. The van der Waals surface area contributed by atoms with Crippen molar-refractivity contribution in [1.29, 1.82) is 0 Å². The van der Waals surface area contributed by atoms with E-state index in [1.54, 1.807) is 74.8 Å². The summed E-state index contributed by atoms with van der Waals surface area (Å²) in [6, 6.07) is 17.3. The van der Waals surface area contributed by atoms with Gasteiger partial charge in [0.2, 0.25) is 0 Å². The highest BCUT2D eigenvalue weighted by Crippen LogP contribution is 2.27. The van der Waals surface area contributed by atoms with Crippen LogP contribution in [0.15, 0.2) is 73.1 Å². The van der Waals surface area contributed by atoms with Gasteiger partial charge in [-0.25, -0.2) is 19.6 Å². The zero-order valence-corrected chi connectivity index (χ0v) is 18.8. The molecule has 4 rings (SSSR count). The number of hydrogen-bond acceptors (Lipinski definition) is 8. The van der Waals surface area contributed by atoms with Crippen molar-refractivity contribution in [1.82, 2.24) is 19.9 Å². The zero-order chi connectivity index (χ0) is 23.9. The van der Waals surface area contributed by atoms with Crippen LogP contribution in [0.4, 0.5) is 0 Å². The molecule has 4 aromatic rings. The van der Waals surface area contributed by atoms with Crippen LogP contribution in [0.5, 0.6) is 0 Å².